The lowest BCUT2D eigenvalue weighted by molar-refractivity contribution is -0.131. The average Bonchev–Trinajstić information content (AvgIpc) is 2.96. The molecule has 0 unspecified atom stereocenters. The van der Waals surface area contributed by atoms with Gasteiger partial charge in [0.15, 0.2) is 0 Å². The number of fused-ring (bicyclic) bond motifs is 1. The van der Waals surface area contributed by atoms with Crippen molar-refractivity contribution in [3.63, 3.8) is 0 Å². The van der Waals surface area contributed by atoms with E-state index in [1.165, 1.54) is 0 Å². The second-order valence-electron chi connectivity index (χ2n) is 6.38. The molecule has 3 rings (SSSR count). The van der Waals surface area contributed by atoms with E-state index < -0.39 is 18.2 Å². The molecule has 1 aromatic heterocycles. The quantitative estimate of drug-likeness (QED) is 0.712. The van der Waals surface area contributed by atoms with Crippen LogP contribution in [0.4, 0.5) is 0 Å². The van der Waals surface area contributed by atoms with Crippen LogP contribution in [0.15, 0.2) is 24.3 Å². The summed E-state index contributed by atoms with van der Waals surface area (Å²) in [7, 11) is 0. The van der Waals surface area contributed by atoms with E-state index in [0.717, 1.165) is 23.4 Å². The normalized spacial score (nSPS) is 23.7. The maximum atomic E-state index is 12.1. The van der Waals surface area contributed by atoms with Crippen LogP contribution in [0, 0.1) is 0 Å². The van der Waals surface area contributed by atoms with Crippen LogP contribution in [0.25, 0.3) is 11.0 Å². The lowest BCUT2D eigenvalue weighted by Gasteiger charge is -2.32. The molecule has 3 atom stereocenters. The van der Waals surface area contributed by atoms with Gasteiger partial charge in [0.2, 0.25) is 5.91 Å². The fourth-order valence-electron chi connectivity index (χ4n) is 3.26. The summed E-state index contributed by atoms with van der Waals surface area (Å²) in [5.74, 6) is 0.828. The van der Waals surface area contributed by atoms with Crippen LogP contribution >= 0.6 is 0 Å². The molecule has 0 aliphatic carbocycles. The van der Waals surface area contributed by atoms with Crippen LogP contribution in [-0.4, -0.2) is 57.1 Å². The number of rotatable bonds is 6. The van der Waals surface area contributed by atoms with E-state index >= 15 is 0 Å². The van der Waals surface area contributed by atoms with Gasteiger partial charge in [-0.25, -0.2) is 4.98 Å². The van der Waals surface area contributed by atoms with Crippen molar-refractivity contribution in [1.29, 1.82) is 0 Å². The van der Waals surface area contributed by atoms with Gasteiger partial charge in [-0.3, -0.25) is 4.79 Å². The molecule has 1 fully saturated rings. The lowest BCUT2D eigenvalue weighted by atomic mass is 10.0. The van der Waals surface area contributed by atoms with Gasteiger partial charge in [0.05, 0.1) is 30.3 Å². The Morgan fingerprint density at radius 2 is 2.16 bits per heavy atom. The van der Waals surface area contributed by atoms with Crippen molar-refractivity contribution < 1.29 is 19.7 Å². The smallest absolute Gasteiger partial charge is 0.220 e. The van der Waals surface area contributed by atoms with E-state index in [-0.39, 0.29) is 19.1 Å². The number of benzene rings is 1. The summed E-state index contributed by atoms with van der Waals surface area (Å²) in [6.45, 7) is 3.24. The number of amides is 1. The summed E-state index contributed by atoms with van der Waals surface area (Å²) in [5.41, 5.74) is 2.08. The zero-order valence-corrected chi connectivity index (χ0v) is 14.4. The fourth-order valence-corrected chi connectivity index (χ4v) is 3.26. The van der Waals surface area contributed by atoms with E-state index in [0.29, 0.717) is 19.3 Å². The molecule has 0 radical (unpaired) electrons. The van der Waals surface area contributed by atoms with E-state index in [1.54, 1.807) is 0 Å². The Bertz CT molecular complexity index is 730. The highest BCUT2D eigenvalue weighted by Gasteiger charge is 2.32. The highest BCUT2D eigenvalue weighted by atomic mass is 16.5. The Balaban J connectivity index is 1.53. The number of hydrogen-bond acceptors (Lipinski definition) is 5. The monoisotopic (exact) mass is 347 g/mol. The van der Waals surface area contributed by atoms with E-state index in [2.05, 4.69) is 27.9 Å². The first kappa shape index (κ1) is 17.8. The van der Waals surface area contributed by atoms with Gasteiger partial charge in [-0.05, 0) is 25.5 Å². The second-order valence-corrected chi connectivity index (χ2v) is 6.38. The molecule has 136 valence electrons. The third-order valence-electron chi connectivity index (χ3n) is 4.59. The minimum atomic E-state index is -0.984. The first-order valence-electron chi connectivity index (χ1n) is 8.77. The Morgan fingerprint density at radius 1 is 1.36 bits per heavy atom. The number of ether oxygens (including phenoxy) is 1. The first-order valence-corrected chi connectivity index (χ1v) is 8.77. The molecule has 0 spiro atoms. The Morgan fingerprint density at radius 3 is 2.96 bits per heavy atom. The molecule has 7 heteroatoms. The zero-order valence-electron chi connectivity index (χ0n) is 14.4. The van der Waals surface area contributed by atoms with Crippen LogP contribution in [0.1, 0.15) is 25.6 Å². The number of aliphatic hydroxyl groups excluding tert-OH is 2. The van der Waals surface area contributed by atoms with E-state index in [9.17, 15) is 15.0 Å². The molecule has 2 aromatic rings. The van der Waals surface area contributed by atoms with Gasteiger partial charge in [0.25, 0.3) is 0 Å². The van der Waals surface area contributed by atoms with Gasteiger partial charge in [-0.2, -0.15) is 0 Å². The number of para-hydroxylation sites is 2. The molecule has 1 amide bonds. The number of aromatic nitrogens is 2. The predicted molar refractivity (Wildman–Crippen MR) is 93.1 cm³/mol. The Hall–Kier alpha value is -1.96. The summed E-state index contributed by atoms with van der Waals surface area (Å²) in [4.78, 5) is 16.7. The molecule has 1 aromatic carbocycles. The molecule has 0 bridgehead atoms. The summed E-state index contributed by atoms with van der Waals surface area (Å²) < 4.78 is 7.33. The van der Waals surface area contributed by atoms with Crippen LogP contribution in [0.3, 0.4) is 0 Å². The SMILES string of the molecule is CCn1c(CCCC(=O)N[C@@H]2COC[C@@H](O)[C@H]2O)nc2ccccc21. The van der Waals surface area contributed by atoms with Crippen molar-refractivity contribution in [2.45, 2.75) is 51.0 Å². The van der Waals surface area contributed by atoms with Gasteiger partial charge in [-0.1, -0.05) is 12.1 Å². The van der Waals surface area contributed by atoms with Gasteiger partial charge < -0.3 is 24.8 Å². The van der Waals surface area contributed by atoms with Crippen LogP contribution in [0.2, 0.25) is 0 Å². The van der Waals surface area contributed by atoms with Gasteiger partial charge >= 0.3 is 0 Å². The largest absolute Gasteiger partial charge is 0.388 e. The van der Waals surface area contributed by atoms with Crippen molar-refractivity contribution in [2.24, 2.45) is 0 Å². The van der Waals surface area contributed by atoms with Crippen molar-refractivity contribution in [1.82, 2.24) is 14.9 Å². The third kappa shape index (κ3) is 4.00. The summed E-state index contributed by atoms with van der Waals surface area (Å²) in [6, 6.07) is 7.46. The number of imidazole rings is 1. The summed E-state index contributed by atoms with van der Waals surface area (Å²) >= 11 is 0. The van der Waals surface area contributed by atoms with Gasteiger partial charge in [0, 0.05) is 19.4 Å². The molecule has 2 heterocycles. The maximum absolute atomic E-state index is 12.1. The number of carbonyl (C=O) groups is 1. The molecule has 7 nitrogen and oxygen atoms in total. The first-order chi connectivity index (χ1) is 12.1. The van der Waals surface area contributed by atoms with Crippen molar-refractivity contribution in [3.8, 4) is 0 Å². The Kier molecular flexibility index (Phi) is 5.67. The van der Waals surface area contributed by atoms with Crippen LogP contribution in [0.5, 0.6) is 0 Å². The topological polar surface area (TPSA) is 96.6 Å². The second kappa shape index (κ2) is 7.95. The van der Waals surface area contributed by atoms with E-state index in [4.69, 9.17) is 4.74 Å². The molecule has 3 N–H and O–H groups in total. The molecular weight excluding hydrogens is 322 g/mol. The Labute approximate surface area is 146 Å². The fraction of sp³-hybridized carbons (Fsp3) is 0.556. The van der Waals surface area contributed by atoms with Crippen molar-refractivity contribution >= 4 is 16.9 Å². The number of nitrogens with zero attached hydrogens (tertiary/aromatic N) is 2. The molecule has 1 saturated heterocycles. The number of nitrogens with one attached hydrogen (secondary N) is 1. The molecule has 1 aliphatic rings. The van der Waals surface area contributed by atoms with Crippen LogP contribution in [-0.2, 0) is 22.5 Å². The van der Waals surface area contributed by atoms with Gasteiger partial charge in [-0.15, -0.1) is 0 Å². The zero-order chi connectivity index (χ0) is 17.8. The van der Waals surface area contributed by atoms with Crippen molar-refractivity contribution in [2.75, 3.05) is 13.2 Å². The van der Waals surface area contributed by atoms with Crippen LogP contribution < -0.4 is 5.32 Å². The average molecular weight is 347 g/mol. The van der Waals surface area contributed by atoms with E-state index in [1.807, 2.05) is 18.2 Å². The maximum Gasteiger partial charge on any atom is 0.220 e. The predicted octanol–water partition coefficient (Wildman–Crippen LogP) is 0.616. The number of aryl methyl sites for hydroxylation is 2. The molecular formula is C18H25N3O4. The minimum absolute atomic E-state index is 0.0980. The summed E-state index contributed by atoms with van der Waals surface area (Å²) in [5, 5.41) is 22.2. The molecule has 0 saturated carbocycles. The van der Waals surface area contributed by atoms with Crippen molar-refractivity contribution in [3.05, 3.63) is 30.1 Å². The lowest BCUT2D eigenvalue weighted by Crippen LogP contribution is -2.55. The van der Waals surface area contributed by atoms with Gasteiger partial charge in [0.1, 0.15) is 18.0 Å². The molecule has 1 aliphatic heterocycles. The minimum Gasteiger partial charge on any atom is -0.388 e. The summed E-state index contributed by atoms with van der Waals surface area (Å²) in [6.07, 6.45) is -0.221. The third-order valence-corrected chi connectivity index (χ3v) is 4.59. The highest BCUT2D eigenvalue weighted by Crippen LogP contribution is 2.17. The molecule has 25 heavy (non-hydrogen) atoms. The number of carbonyl (C=O) groups excluding carboxylic acids is 1. The standard InChI is InChI=1S/C18H25N3O4/c1-2-21-14-7-4-3-6-12(14)19-16(21)8-5-9-17(23)20-13-10-25-11-15(22)18(13)24/h3-4,6-7,13,15,18,22,24H,2,5,8-11H2,1H3,(H,20,23)/t13-,15-,18+/m1/s1. The number of hydrogen-bond donors (Lipinski definition) is 3. The number of aliphatic hydroxyl groups is 2. The highest BCUT2D eigenvalue weighted by molar-refractivity contribution is 5.77.